The Labute approximate surface area is 154 Å². The fourth-order valence-corrected chi connectivity index (χ4v) is 3.12. The second kappa shape index (κ2) is 8.47. The Morgan fingerprint density at radius 2 is 2.12 bits per heavy atom. The first-order valence-electron chi connectivity index (χ1n) is 8.31. The zero-order valence-electron chi connectivity index (χ0n) is 14.6. The quantitative estimate of drug-likeness (QED) is 0.853. The number of benzene rings is 1. The molecule has 1 aliphatic heterocycles. The Bertz CT molecular complexity index is 684. The Morgan fingerprint density at radius 1 is 1.36 bits per heavy atom. The Morgan fingerprint density at radius 3 is 2.76 bits per heavy atom. The molecule has 0 radical (unpaired) electrons. The van der Waals surface area contributed by atoms with Gasteiger partial charge in [0.05, 0.1) is 11.7 Å². The number of hydrogen-bond acceptors (Lipinski definition) is 4. The van der Waals surface area contributed by atoms with E-state index >= 15 is 0 Å². The number of piperidine rings is 1. The lowest BCUT2D eigenvalue weighted by atomic mass is 9.90. The van der Waals surface area contributed by atoms with Gasteiger partial charge in [0.1, 0.15) is 5.60 Å². The number of aromatic nitrogens is 2. The number of halogens is 1. The molecule has 2 aromatic rings. The summed E-state index contributed by atoms with van der Waals surface area (Å²) in [5.74, 6) is -0.0384. The van der Waals surface area contributed by atoms with Crippen LogP contribution in [0.3, 0.4) is 0 Å². The van der Waals surface area contributed by atoms with Gasteiger partial charge in [-0.2, -0.15) is 5.10 Å². The fourth-order valence-electron chi connectivity index (χ4n) is 3.12. The average Bonchev–Trinajstić information content (AvgIpc) is 3.17. The Hall–Kier alpha value is -1.89. The van der Waals surface area contributed by atoms with E-state index in [1.165, 1.54) is 0 Å². The first kappa shape index (κ1) is 19.4. The van der Waals surface area contributed by atoms with E-state index in [0.29, 0.717) is 12.8 Å². The number of nitrogens with zero attached hydrogens (tertiary/aromatic N) is 2. The van der Waals surface area contributed by atoms with Crippen LogP contribution in [0.4, 0.5) is 0 Å². The third kappa shape index (κ3) is 4.21. The summed E-state index contributed by atoms with van der Waals surface area (Å²) in [6.07, 6.45) is 5.03. The lowest BCUT2D eigenvalue weighted by Gasteiger charge is -2.35. The van der Waals surface area contributed by atoms with E-state index < -0.39 is 5.60 Å². The molecule has 2 heterocycles. The van der Waals surface area contributed by atoms with Crippen molar-refractivity contribution in [2.45, 2.75) is 31.4 Å². The summed E-state index contributed by atoms with van der Waals surface area (Å²) in [7, 11) is 1.62. The van der Waals surface area contributed by atoms with Gasteiger partial charge < -0.3 is 15.4 Å². The lowest BCUT2D eigenvalue weighted by Crippen LogP contribution is -2.54. The molecule has 136 valence electrons. The molecule has 1 aliphatic rings. The molecule has 0 bridgehead atoms. The first-order chi connectivity index (χ1) is 11.6. The molecule has 0 aliphatic carbocycles. The predicted octanol–water partition coefficient (Wildman–Crippen LogP) is 2.24. The third-order valence-electron chi connectivity index (χ3n) is 4.70. The molecule has 0 spiro atoms. The van der Waals surface area contributed by atoms with Crippen LogP contribution in [0.2, 0.25) is 0 Å². The number of carbonyl (C=O) groups excluding carboxylic acids is 1. The van der Waals surface area contributed by atoms with Gasteiger partial charge in [0.25, 0.3) is 5.91 Å². The summed E-state index contributed by atoms with van der Waals surface area (Å²) in [6.45, 7) is 3.58. The smallest absolute Gasteiger partial charge is 0.252 e. The fraction of sp³-hybridized carbons (Fsp3) is 0.444. The number of hydrogen-bond donors (Lipinski definition) is 2. The van der Waals surface area contributed by atoms with Crippen LogP contribution in [0.5, 0.6) is 0 Å². The van der Waals surface area contributed by atoms with E-state index in [2.05, 4.69) is 15.7 Å². The molecule has 2 N–H and O–H groups in total. The van der Waals surface area contributed by atoms with Gasteiger partial charge in [0.2, 0.25) is 0 Å². The van der Waals surface area contributed by atoms with Gasteiger partial charge in [-0.1, -0.05) is 12.1 Å². The van der Waals surface area contributed by atoms with Crippen LogP contribution in [-0.2, 0) is 9.53 Å². The van der Waals surface area contributed by atoms with Crippen LogP contribution in [0.25, 0.3) is 5.69 Å². The van der Waals surface area contributed by atoms with Gasteiger partial charge in [-0.05, 0) is 56.6 Å². The van der Waals surface area contributed by atoms with E-state index in [4.69, 9.17) is 4.74 Å². The van der Waals surface area contributed by atoms with Crippen molar-refractivity contribution in [3.63, 3.8) is 0 Å². The van der Waals surface area contributed by atoms with Crippen molar-refractivity contribution in [2.24, 2.45) is 0 Å². The van der Waals surface area contributed by atoms with Crippen LogP contribution in [0.15, 0.2) is 42.7 Å². The second-order valence-electron chi connectivity index (χ2n) is 6.19. The SMILES string of the molecule is COC1(C(=O)NC(C)c2cccc(-n3cccn3)c2)CCNCC1.Cl. The number of ether oxygens (including phenoxy) is 1. The van der Waals surface area contributed by atoms with Crippen molar-refractivity contribution in [1.82, 2.24) is 20.4 Å². The Kier molecular flexibility index (Phi) is 6.58. The van der Waals surface area contributed by atoms with Gasteiger partial charge in [0, 0.05) is 19.5 Å². The molecule has 1 saturated heterocycles. The molecule has 1 unspecified atom stereocenters. The number of nitrogens with one attached hydrogen (secondary N) is 2. The first-order valence-corrected chi connectivity index (χ1v) is 8.31. The zero-order chi connectivity index (χ0) is 17.0. The molecule has 3 rings (SSSR count). The van der Waals surface area contributed by atoms with E-state index in [-0.39, 0.29) is 24.4 Å². The average molecular weight is 365 g/mol. The summed E-state index contributed by atoms with van der Waals surface area (Å²) >= 11 is 0. The summed E-state index contributed by atoms with van der Waals surface area (Å²) in [5.41, 5.74) is 1.29. The maximum absolute atomic E-state index is 12.8. The van der Waals surface area contributed by atoms with Crippen molar-refractivity contribution in [3.8, 4) is 5.69 Å². The van der Waals surface area contributed by atoms with Crippen molar-refractivity contribution >= 4 is 18.3 Å². The van der Waals surface area contributed by atoms with Crippen LogP contribution in [-0.4, -0.2) is 41.5 Å². The zero-order valence-corrected chi connectivity index (χ0v) is 15.4. The minimum Gasteiger partial charge on any atom is -0.368 e. The number of carbonyl (C=O) groups is 1. The van der Waals surface area contributed by atoms with Crippen LogP contribution >= 0.6 is 12.4 Å². The monoisotopic (exact) mass is 364 g/mol. The highest BCUT2D eigenvalue weighted by atomic mass is 35.5. The lowest BCUT2D eigenvalue weighted by molar-refractivity contribution is -0.147. The number of methoxy groups -OCH3 is 1. The van der Waals surface area contributed by atoms with Crippen molar-refractivity contribution in [3.05, 3.63) is 48.3 Å². The summed E-state index contributed by atoms with van der Waals surface area (Å²) in [5, 5.41) is 10.6. The molecule has 1 aromatic carbocycles. The minimum atomic E-state index is -0.723. The molecule has 6 nitrogen and oxygen atoms in total. The molecule has 1 atom stereocenters. The normalized spacial score (nSPS) is 17.4. The van der Waals surface area contributed by atoms with E-state index in [9.17, 15) is 4.79 Å². The van der Waals surface area contributed by atoms with Gasteiger partial charge >= 0.3 is 0 Å². The topological polar surface area (TPSA) is 68.2 Å². The molecule has 0 saturated carbocycles. The highest BCUT2D eigenvalue weighted by Gasteiger charge is 2.40. The van der Waals surface area contributed by atoms with Crippen LogP contribution < -0.4 is 10.6 Å². The number of rotatable bonds is 5. The van der Waals surface area contributed by atoms with Gasteiger partial charge in [-0.15, -0.1) is 12.4 Å². The minimum absolute atomic E-state index is 0. The highest BCUT2D eigenvalue weighted by molar-refractivity contribution is 5.86. The summed E-state index contributed by atoms with van der Waals surface area (Å²) < 4.78 is 7.40. The van der Waals surface area contributed by atoms with Crippen molar-refractivity contribution in [2.75, 3.05) is 20.2 Å². The van der Waals surface area contributed by atoms with Crippen molar-refractivity contribution in [1.29, 1.82) is 0 Å². The molecular formula is C18H25ClN4O2. The van der Waals surface area contributed by atoms with Gasteiger partial charge in [-0.25, -0.2) is 4.68 Å². The predicted molar refractivity (Wildman–Crippen MR) is 99.2 cm³/mol. The standard InChI is InChI=1S/C18H24N4O2.ClH/c1-14(21-17(23)18(24-2)7-10-19-11-8-18)15-5-3-6-16(13-15)22-12-4-9-20-22;/h3-6,9,12-14,19H,7-8,10-11H2,1-2H3,(H,21,23);1H. The summed E-state index contributed by atoms with van der Waals surface area (Å²) in [4.78, 5) is 12.8. The van der Waals surface area contributed by atoms with Gasteiger partial charge in [-0.3, -0.25) is 4.79 Å². The molecule has 1 fully saturated rings. The maximum atomic E-state index is 12.8. The molecule has 7 heteroatoms. The van der Waals surface area contributed by atoms with E-state index in [0.717, 1.165) is 24.3 Å². The molecular weight excluding hydrogens is 340 g/mol. The van der Waals surface area contributed by atoms with Crippen LogP contribution in [0.1, 0.15) is 31.4 Å². The van der Waals surface area contributed by atoms with Crippen LogP contribution in [0, 0.1) is 0 Å². The third-order valence-corrected chi connectivity index (χ3v) is 4.70. The molecule has 1 aromatic heterocycles. The van der Waals surface area contributed by atoms with E-state index in [1.54, 1.807) is 13.3 Å². The highest BCUT2D eigenvalue weighted by Crippen LogP contribution is 2.24. The van der Waals surface area contributed by atoms with Gasteiger partial charge in [0.15, 0.2) is 0 Å². The largest absolute Gasteiger partial charge is 0.368 e. The molecule has 1 amide bonds. The maximum Gasteiger partial charge on any atom is 0.252 e. The Balaban J connectivity index is 0.00000225. The van der Waals surface area contributed by atoms with E-state index in [1.807, 2.05) is 48.1 Å². The second-order valence-corrected chi connectivity index (χ2v) is 6.19. The van der Waals surface area contributed by atoms with Crippen molar-refractivity contribution < 1.29 is 9.53 Å². The summed E-state index contributed by atoms with van der Waals surface area (Å²) in [6, 6.07) is 9.81. The number of amides is 1. The molecule has 25 heavy (non-hydrogen) atoms.